The van der Waals surface area contributed by atoms with E-state index in [1.165, 1.54) is 23.1 Å². The van der Waals surface area contributed by atoms with Gasteiger partial charge in [0.05, 0.1) is 13.2 Å². The molecule has 2 aromatic carbocycles. The summed E-state index contributed by atoms with van der Waals surface area (Å²) in [6.45, 7) is 4.60. The molecule has 0 bridgehead atoms. The predicted octanol–water partition coefficient (Wildman–Crippen LogP) is 3.50. The molecule has 136 valence electrons. The molecule has 0 aromatic heterocycles. The van der Waals surface area contributed by atoms with E-state index in [2.05, 4.69) is 76.7 Å². The summed E-state index contributed by atoms with van der Waals surface area (Å²) in [5, 5.41) is 3.67. The minimum Gasteiger partial charge on any atom is -0.370 e. The van der Waals surface area contributed by atoms with Crippen LogP contribution in [0.3, 0.4) is 0 Å². The number of aryl methyl sites for hydroxylation is 1. The summed E-state index contributed by atoms with van der Waals surface area (Å²) in [5.41, 5.74) is 3.98. The summed E-state index contributed by atoms with van der Waals surface area (Å²) >= 11 is 0. The highest BCUT2D eigenvalue weighted by Crippen LogP contribution is 2.40. The quantitative estimate of drug-likeness (QED) is 0.681. The Morgan fingerprint density at radius 1 is 1.12 bits per heavy atom. The van der Waals surface area contributed by atoms with Crippen molar-refractivity contribution in [1.82, 2.24) is 10.2 Å². The molecule has 26 heavy (non-hydrogen) atoms. The number of benzene rings is 2. The van der Waals surface area contributed by atoms with E-state index in [4.69, 9.17) is 4.74 Å². The van der Waals surface area contributed by atoms with Crippen molar-refractivity contribution < 1.29 is 4.74 Å². The zero-order chi connectivity index (χ0) is 17.9. The lowest BCUT2D eigenvalue weighted by Crippen LogP contribution is -2.49. The Labute approximate surface area is 155 Å². The summed E-state index contributed by atoms with van der Waals surface area (Å²) < 4.78 is 6.06. The van der Waals surface area contributed by atoms with Crippen molar-refractivity contribution in [2.24, 2.45) is 4.99 Å². The van der Waals surface area contributed by atoms with E-state index < -0.39 is 0 Å². The van der Waals surface area contributed by atoms with E-state index in [-0.39, 0.29) is 6.10 Å². The van der Waals surface area contributed by atoms with Gasteiger partial charge in [0.1, 0.15) is 6.10 Å². The molecule has 4 rings (SSSR count). The Hall–Kier alpha value is -2.33. The van der Waals surface area contributed by atoms with Crippen LogP contribution in [-0.2, 0) is 4.74 Å². The number of morpholine rings is 1. The van der Waals surface area contributed by atoms with Gasteiger partial charge in [-0.1, -0.05) is 54.6 Å². The summed E-state index contributed by atoms with van der Waals surface area (Å²) in [6.07, 6.45) is 1.28. The molecule has 1 aliphatic heterocycles. The molecule has 4 nitrogen and oxygen atoms in total. The molecule has 1 aliphatic carbocycles. The van der Waals surface area contributed by atoms with E-state index in [9.17, 15) is 0 Å². The van der Waals surface area contributed by atoms with Crippen molar-refractivity contribution in [3.63, 3.8) is 0 Å². The molecule has 2 aromatic rings. The SMILES string of the molecule is CN=C(NC1CC1c1ccccc1)N1CCOC(c2ccccc2C)C1. The van der Waals surface area contributed by atoms with Crippen LogP contribution in [0.15, 0.2) is 59.6 Å². The molecule has 1 saturated heterocycles. The lowest BCUT2D eigenvalue weighted by molar-refractivity contribution is -0.00835. The molecule has 3 atom stereocenters. The molecule has 0 amide bonds. The highest BCUT2D eigenvalue weighted by Gasteiger charge is 2.40. The molecule has 2 fully saturated rings. The second kappa shape index (κ2) is 7.50. The van der Waals surface area contributed by atoms with Crippen molar-refractivity contribution in [1.29, 1.82) is 0 Å². The first-order valence-corrected chi connectivity index (χ1v) is 9.46. The van der Waals surface area contributed by atoms with Crippen LogP contribution in [0.25, 0.3) is 0 Å². The van der Waals surface area contributed by atoms with Gasteiger partial charge < -0.3 is 15.0 Å². The molecule has 0 radical (unpaired) electrons. The summed E-state index contributed by atoms with van der Waals surface area (Å²) in [5.74, 6) is 1.59. The van der Waals surface area contributed by atoms with Crippen LogP contribution >= 0.6 is 0 Å². The van der Waals surface area contributed by atoms with Gasteiger partial charge in [-0.25, -0.2) is 0 Å². The lowest BCUT2D eigenvalue weighted by Gasteiger charge is -2.36. The summed E-state index contributed by atoms with van der Waals surface area (Å²) in [4.78, 5) is 6.88. The van der Waals surface area contributed by atoms with Crippen LogP contribution in [0.5, 0.6) is 0 Å². The first-order chi connectivity index (χ1) is 12.8. The minimum atomic E-state index is 0.104. The van der Waals surface area contributed by atoms with Crippen LogP contribution < -0.4 is 5.32 Å². The Balaban J connectivity index is 1.40. The molecular weight excluding hydrogens is 322 g/mol. The first-order valence-electron chi connectivity index (χ1n) is 9.46. The van der Waals surface area contributed by atoms with E-state index >= 15 is 0 Å². The Morgan fingerprint density at radius 3 is 2.65 bits per heavy atom. The fourth-order valence-corrected chi connectivity index (χ4v) is 3.86. The largest absolute Gasteiger partial charge is 0.370 e. The molecule has 4 heteroatoms. The second-order valence-corrected chi connectivity index (χ2v) is 7.21. The smallest absolute Gasteiger partial charge is 0.194 e. The number of ether oxygens (including phenoxy) is 1. The number of hydrogen-bond acceptors (Lipinski definition) is 2. The standard InChI is InChI=1S/C22H27N3O/c1-16-8-6-7-11-18(16)21-15-25(12-13-26-21)22(23-2)24-20-14-19(20)17-9-4-3-5-10-17/h3-11,19-21H,12-15H2,1-2H3,(H,23,24). The maximum absolute atomic E-state index is 6.06. The average Bonchev–Trinajstić information content (AvgIpc) is 3.46. The average molecular weight is 349 g/mol. The van der Waals surface area contributed by atoms with Crippen LogP contribution in [0, 0.1) is 6.92 Å². The number of hydrogen-bond donors (Lipinski definition) is 1. The normalized spacial score (nSPS) is 25.8. The first kappa shape index (κ1) is 17.1. The van der Waals surface area contributed by atoms with Crippen LogP contribution in [0.1, 0.15) is 35.1 Å². The Bertz CT molecular complexity index is 774. The third-order valence-electron chi connectivity index (χ3n) is 5.45. The fourth-order valence-electron chi connectivity index (χ4n) is 3.86. The lowest BCUT2D eigenvalue weighted by atomic mass is 10.0. The molecule has 0 spiro atoms. The Kier molecular flexibility index (Phi) is 4.93. The van der Waals surface area contributed by atoms with Gasteiger partial charge in [-0.2, -0.15) is 0 Å². The third-order valence-corrected chi connectivity index (χ3v) is 5.45. The van der Waals surface area contributed by atoms with E-state index in [0.717, 1.165) is 25.7 Å². The second-order valence-electron chi connectivity index (χ2n) is 7.21. The molecule has 2 aliphatic rings. The van der Waals surface area contributed by atoms with Crippen LogP contribution in [-0.4, -0.2) is 43.6 Å². The van der Waals surface area contributed by atoms with Gasteiger partial charge in [0, 0.05) is 25.6 Å². The van der Waals surface area contributed by atoms with Gasteiger partial charge in [-0.05, 0) is 30.0 Å². The van der Waals surface area contributed by atoms with Crippen molar-refractivity contribution >= 4 is 5.96 Å². The fraction of sp³-hybridized carbons (Fsp3) is 0.409. The minimum absolute atomic E-state index is 0.104. The summed E-state index contributed by atoms with van der Waals surface area (Å²) in [6, 6.07) is 19.7. The van der Waals surface area contributed by atoms with Crippen molar-refractivity contribution in [3.8, 4) is 0 Å². The van der Waals surface area contributed by atoms with Gasteiger partial charge in [-0.3, -0.25) is 4.99 Å². The van der Waals surface area contributed by atoms with Crippen LogP contribution in [0.2, 0.25) is 0 Å². The van der Waals surface area contributed by atoms with Gasteiger partial charge in [0.15, 0.2) is 5.96 Å². The zero-order valence-corrected chi connectivity index (χ0v) is 15.6. The number of nitrogens with one attached hydrogen (secondary N) is 1. The monoisotopic (exact) mass is 349 g/mol. The van der Waals surface area contributed by atoms with E-state index in [1.54, 1.807) is 0 Å². The van der Waals surface area contributed by atoms with Gasteiger partial charge in [-0.15, -0.1) is 0 Å². The van der Waals surface area contributed by atoms with Gasteiger partial charge in [0.25, 0.3) is 0 Å². The number of rotatable bonds is 3. The summed E-state index contributed by atoms with van der Waals surface area (Å²) in [7, 11) is 1.88. The van der Waals surface area contributed by atoms with Crippen molar-refractivity contribution in [2.75, 3.05) is 26.7 Å². The number of aliphatic imine (C=N–C) groups is 1. The molecule has 3 unspecified atom stereocenters. The van der Waals surface area contributed by atoms with E-state index in [1.807, 2.05) is 7.05 Å². The van der Waals surface area contributed by atoms with Gasteiger partial charge >= 0.3 is 0 Å². The maximum Gasteiger partial charge on any atom is 0.194 e. The van der Waals surface area contributed by atoms with E-state index in [0.29, 0.717) is 12.0 Å². The topological polar surface area (TPSA) is 36.9 Å². The Morgan fingerprint density at radius 2 is 1.88 bits per heavy atom. The molecule has 1 N–H and O–H groups in total. The third kappa shape index (κ3) is 3.61. The maximum atomic E-state index is 6.06. The van der Waals surface area contributed by atoms with Crippen molar-refractivity contribution in [3.05, 3.63) is 71.3 Å². The van der Waals surface area contributed by atoms with Crippen LogP contribution in [0.4, 0.5) is 0 Å². The highest BCUT2D eigenvalue weighted by molar-refractivity contribution is 5.81. The van der Waals surface area contributed by atoms with Gasteiger partial charge in [0.2, 0.25) is 0 Å². The predicted molar refractivity (Wildman–Crippen MR) is 106 cm³/mol. The number of nitrogens with zero attached hydrogens (tertiary/aromatic N) is 2. The molecular formula is C22H27N3O. The highest BCUT2D eigenvalue weighted by atomic mass is 16.5. The molecule has 1 heterocycles. The zero-order valence-electron chi connectivity index (χ0n) is 15.6. The molecule has 1 saturated carbocycles. The number of guanidine groups is 1. The van der Waals surface area contributed by atoms with Crippen molar-refractivity contribution in [2.45, 2.75) is 31.4 Å².